The second-order valence-corrected chi connectivity index (χ2v) is 2.73. The topological polar surface area (TPSA) is 64.2 Å². The molecule has 0 aliphatic rings. The summed E-state index contributed by atoms with van der Waals surface area (Å²) in [4.78, 5) is 10.4. The number of hydrogen-bond donors (Lipinski definition) is 1. The highest BCUT2D eigenvalue weighted by molar-refractivity contribution is 9.10. The molecule has 0 spiro atoms. The number of aromatic nitrogens is 1. The lowest BCUT2D eigenvalue weighted by molar-refractivity contribution is -0.606. The number of carboxylic acid groups (broad SMARTS) is 1. The maximum Gasteiger partial charge on any atom is 0.337 e. The molecule has 0 aliphatic heterocycles. The fourth-order valence-corrected chi connectivity index (χ4v) is 1.13. The Hall–Kier alpha value is -1.10. The number of carboxylic acids is 1. The van der Waals surface area contributed by atoms with E-state index in [0.717, 1.165) is 12.4 Å². The van der Waals surface area contributed by atoms with Crippen LogP contribution in [0.25, 0.3) is 0 Å². The van der Waals surface area contributed by atoms with Crippen molar-refractivity contribution < 1.29 is 14.6 Å². The Labute approximate surface area is 70.8 Å². The maximum atomic E-state index is 10.6. The van der Waals surface area contributed by atoms with Crippen LogP contribution < -0.4 is 4.73 Å². The molecule has 0 radical (unpaired) electrons. The summed E-state index contributed by atoms with van der Waals surface area (Å²) in [6, 6.07) is 1.24. The van der Waals surface area contributed by atoms with Crippen molar-refractivity contribution in [2.24, 2.45) is 0 Å². The van der Waals surface area contributed by atoms with Gasteiger partial charge in [-0.2, -0.15) is 4.73 Å². The molecule has 1 aromatic rings. The van der Waals surface area contributed by atoms with Crippen LogP contribution >= 0.6 is 15.9 Å². The third kappa shape index (κ3) is 1.68. The van der Waals surface area contributed by atoms with Gasteiger partial charge in [0.1, 0.15) is 0 Å². The van der Waals surface area contributed by atoms with Crippen LogP contribution in [0.3, 0.4) is 0 Å². The van der Waals surface area contributed by atoms with Gasteiger partial charge in [-0.3, -0.25) is 0 Å². The Balaban J connectivity index is 3.20. The van der Waals surface area contributed by atoms with Crippen molar-refractivity contribution in [2.75, 3.05) is 0 Å². The monoisotopic (exact) mass is 217 g/mol. The van der Waals surface area contributed by atoms with Crippen LogP contribution in [-0.2, 0) is 0 Å². The van der Waals surface area contributed by atoms with Crippen molar-refractivity contribution in [1.82, 2.24) is 0 Å². The summed E-state index contributed by atoms with van der Waals surface area (Å²) in [6.07, 6.45) is 2.28. The number of rotatable bonds is 1. The van der Waals surface area contributed by atoms with Gasteiger partial charge in [0.2, 0.25) is 0 Å². The number of hydrogen-bond acceptors (Lipinski definition) is 2. The molecule has 1 rings (SSSR count). The average Bonchev–Trinajstić information content (AvgIpc) is 1.85. The fraction of sp³-hybridized carbons (Fsp3) is 0. The summed E-state index contributed by atoms with van der Waals surface area (Å²) in [6.45, 7) is 0. The summed E-state index contributed by atoms with van der Waals surface area (Å²) in [5.74, 6) is -1.06. The van der Waals surface area contributed by atoms with Gasteiger partial charge in [0.05, 0.1) is 10.0 Å². The van der Waals surface area contributed by atoms with E-state index in [1.807, 2.05) is 0 Å². The van der Waals surface area contributed by atoms with Gasteiger partial charge >= 0.3 is 5.97 Å². The minimum atomic E-state index is -1.06. The zero-order chi connectivity index (χ0) is 8.43. The predicted octanol–water partition coefficient (Wildman–Crippen LogP) is 0.781. The molecule has 0 bridgehead atoms. The normalized spacial score (nSPS) is 9.55. The highest BCUT2D eigenvalue weighted by Gasteiger charge is 2.09. The SMILES string of the molecule is O=C(O)c1cc[n+]([O-])cc1Br. The van der Waals surface area contributed by atoms with Crippen LogP contribution in [0.15, 0.2) is 22.9 Å². The molecule has 1 aromatic heterocycles. The molecule has 0 unspecified atom stereocenters. The Morgan fingerprint density at radius 2 is 2.36 bits per heavy atom. The van der Waals surface area contributed by atoms with Gasteiger partial charge in [-0.05, 0) is 15.9 Å². The molecule has 1 heterocycles. The van der Waals surface area contributed by atoms with E-state index in [4.69, 9.17) is 5.11 Å². The molecule has 58 valence electrons. The van der Waals surface area contributed by atoms with Crippen molar-refractivity contribution in [2.45, 2.75) is 0 Å². The molecule has 4 nitrogen and oxygen atoms in total. The first kappa shape index (κ1) is 8.00. The first-order chi connectivity index (χ1) is 5.11. The molecule has 1 N–H and O–H groups in total. The second kappa shape index (κ2) is 2.87. The molecule has 0 atom stereocenters. The number of carbonyl (C=O) groups is 1. The smallest absolute Gasteiger partial charge is 0.337 e. The first-order valence-electron chi connectivity index (χ1n) is 2.73. The van der Waals surface area contributed by atoms with Gasteiger partial charge in [-0.25, -0.2) is 4.79 Å². The third-order valence-corrected chi connectivity index (χ3v) is 1.75. The van der Waals surface area contributed by atoms with Crippen molar-refractivity contribution in [1.29, 1.82) is 0 Å². The molecule has 0 fully saturated rings. The summed E-state index contributed by atoms with van der Waals surface area (Å²) < 4.78 is 0.804. The highest BCUT2D eigenvalue weighted by Crippen LogP contribution is 2.12. The average molecular weight is 218 g/mol. The number of halogens is 1. The lowest BCUT2D eigenvalue weighted by Crippen LogP contribution is -2.25. The predicted molar refractivity (Wildman–Crippen MR) is 40.1 cm³/mol. The lowest BCUT2D eigenvalue weighted by atomic mass is 10.3. The zero-order valence-electron chi connectivity index (χ0n) is 5.32. The van der Waals surface area contributed by atoms with Gasteiger partial charge < -0.3 is 10.3 Å². The molecule has 0 aromatic carbocycles. The van der Waals surface area contributed by atoms with Crippen molar-refractivity contribution in [3.8, 4) is 0 Å². The van der Waals surface area contributed by atoms with E-state index in [-0.39, 0.29) is 10.0 Å². The minimum Gasteiger partial charge on any atom is -0.619 e. The molecular formula is C6H4BrNO3. The van der Waals surface area contributed by atoms with Gasteiger partial charge in [-0.15, -0.1) is 0 Å². The Kier molecular flexibility index (Phi) is 2.09. The van der Waals surface area contributed by atoms with E-state index in [1.165, 1.54) is 6.07 Å². The van der Waals surface area contributed by atoms with E-state index in [0.29, 0.717) is 4.73 Å². The van der Waals surface area contributed by atoms with Crippen LogP contribution in [0.2, 0.25) is 0 Å². The number of nitrogens with zero attached hydrogens (tertiary/aromatic N) is 1. The highest BCUT2D eigenvalue weighted by atomic mass is 79.9. The summed E-state index contributed by atoms with van der Waals surface area (Å²) in [5.41, 5.74) is 0.0806. The van der Waals surface area contributed by atoms with E-state index in [9.17, 15) is 10.0 Å². The Bertz CT molecular complexity index is 300. The van der Waals surface area contributed by atoms with Crippen molar-refractivity contribution >= 4 is 21.9 Å². The summed E-state index contributed by atoms with van der Waals surface area (Å²) >= 11 is 2.95. The second-order valence-electron chi connectivity index (χ2n) is 1.87. The van der Waals surface area contributed by atoms with E-state index < -0.39 is 5.97 Å². The van der Waals surface area contributed by atoms with E-state index >= 15 is 0 Å². The maximum absolute atomic E-state index is 10.6. The molecule has 0 aliphatic carbocycles. The molecule has 0 amide bonds. The van der Waals surface area contributed by atoms with Crippen LogP contribution in [0.1, 0.15) is 10.4 Å². The molecule has 5 heteroatoms. The van der Waals surface area contributed by atoms with Crippen molar-refractivity contribution in [3.63, 3.8) is 0 Å². The quantitative estimate of drug-likeness (QED) is 0.559. The van der Waals surface area contributed by atoms with Gasteiger partial charge in [-0.1, -0.05) is 0 Å². The van der Waals surface area contributed by atoms with Gasteiger partial charge in [0.25, 0.3) is 0 Å². The Morgan fingerprint density at radius 1 is 1.73 bits per heavy atom. The Morgan fingerprint density at radius 3 is 2.82 bits per heavy atom. The van der Waals surface area contributed by atoms with Crippen molar-refractivity contribution in [3.05, 3.63) is 33.7 Å². The largest absolute Gasteiger partial charge is 0.619 e. The first-order valence-corrected chi connectivity index (χ1v) is 3.52. The number of aromatic carboxylic acids is 1. The molecule has 0 saturated heterocycles. The lowest BCUT2D eigenvalue weighted by Gasteiger charge is -1.97. The summed E-state index contributed by atoms with van der Waals surface area (Å²) in [5, 5.41) is 19.1. The number of pyridine rings is 1. The zero-order valence-corrected chi connectivity index (χ0v) is 6.91. The fourth-order valence-electron chi connectivity index (χ4n) is 0.625. The van der Waals surface area contributed by atoms with Crippen LogP contribution in [0, 0.1) is 5.21 Å². The van der Waals surface area contributed by atoms with Crippen LogP contribution in [-0.4, -0.2) is 11.1 Å². The molecular weight excluding hydrogens is 214 g/mol. The van der Waals surface area contributed by atoms with E-state index in [1.54, 1.807) is 0 Å². The summed E-state index contributed by atoms with van der Waals surface area (Å²) in [7, 11) is 0. The molecule has 0 saturated carbocycles. The van der Waals surface area contributed by atoms with Gasteiger partial charge in [0.15, 0.2) is 12.4 Å². The van der Waals surface area contributed by atoms with Crippen LogP contribution in [0.5, 0.6) is 0 Å². The standard InChI is InChI=1S/C6H4BrNO3/c7-5-3-8(11)2-1-4(5)6(9)10/h1-3H,(H,9,10). The van der Waals surface area contributed by atoms with Crippen LogP contribution in [0.4, 0.5) is 0 Å². The van der Waals surface area contributed by atoms with Gasteiger partial charge in [0, 0.05) is 6.07 Å². The minimum absolute atomic E-state index is 0.0806. The molecule has 11 heavy (non-hydrogen) atoms. The third-order valence-electron chi connectivity index (χ3n) is 1.12. The van der Waals surface area contributed by atoms with E-state index in [2.05, 4.69) is 15.9 Å².